The zero-order valence-electron chi connectivity index (χ0n) is 13.8. The number of aryl methyl sites for hydroxylation is 1. The third kappa shape index (κ3) is 3.30. The van der Waals surface area contributed by atoms with Gasteiger partial charge in [0, 0.05) is 10.2 Å². The first kappa shape index (κ1) is 17.0. The Bertz CT molecular complexity index is 1130. The van der Waals surface area contributed by atoms with Crippen LogP contribution in [0.5, 0.6) is 0 Å². The fraction of sp³-hybridized carbons (Fsp3) is 0.111. The van der Waals surface area contributed by atoms with Crippen LogP contribution in [-0.2, 0) is 4.79 Å². The topological polar surface area (TPSA) is 72.2 Å². The molecule has 0 saturated heterocycles. The van der Waals surface area contributed by atoms with Crippen molar-refractivity contribution >= 4 is 56.0 Å². The number of nitrogens with one attached hydrogen (secondary N) is 1. The van der Waals surface area contributed by atoms with E-state index in [9.17, 15) is 4.79 Å². The van der Waals surface area contributed by atoms with E-state index in [1.165, 1.54) is 11.8 Å². The van der Waals surface area contributed by atoms with E-state index >= 15 is 0 Å². The van der Waals surface area contributed by atoms with Gasteiger partial charge in [0.05, 0.1) is 16.8 Å². The van der Waals surface area contributed by atoms with Crippen LogP contribution in [0.4, 0.5) is 5.69 Å². The smallest absolute Gasteiger partial charge is 0.234 e. The zero-order valence-corrected chi connectivity index (χ0v) is 16.2. The molecule has 8 heteroatoms. The van der Waals surface area contributed by atoms with Crippen LogP contribution in [0.3, 0.4) is 0 Å². The van der Waals surface area contributed by atoms with E-state index in [1.807, 2.05) is 59.9 Å². The highest BCUT2D eigenvalue weighted by Crippen LogP contribution is 2.25. The largest absolute Gasteiger partial charge is 0.325 e. The van der Waals surface area contributed by atoms with E-state index in [4.69, 9.17) is 0 Å². The second-order valence-corrected chi connectivity index (χ2v) is 7.54. The Morgan fingerprint density at radius 1 is 1.19 bits per heavy atom. The minimum Gasteiger partial charge on any atom is -0.325 e. The first-order valence-corrected chi connectivity index (χ1v) is 9.68. The molecule has 0 unspecified atom stereocenters. The van der Waals surface area contributed by atoms with Gasteiger partial charge in [-0.05, 0) is 37.3 Å². The molecule has 2 heterocycles. The average molecular weight is 428 g/mol. The minimum atomic E-state index is -0.0996. The summed E-state index contributed by atoms with van der Waals surface area (Å²) >= 11 is 4.75. The van der Waals surface area contributed by atoms with Crippen molar-refractivity contribution < 1.29 is 4.79 Å². The summed E-state index contributed by atoms with van der Waals surface area (Å²) in [5.74, 6) is 0.927. The quantitative estimate of drug-likeness (QED) is 0.496. The van der Waals surface area contributed by atoms with Crippen molar-refractivity contribution in [3.05, 3.63) is 58.8 Å². The summed E-state index contributed by atoms with van der Waals surface area (Å²) in [6.45, 7) is 1.90. The van der Waals surface area contributed by atoms with E-state index in [1.54, 1.807) is 0 Å². The molecule has 0 radical (unpaired) electrons. The molecule has 0 fully saturated rings. The number of halogens is 1. The van der Waals surface area contributed by atoms with Crippen LogP contribution in [0, 0.1) is 6.92 Å². The molecule has 2 aromatic heterocycles. The molecule has 0 bridgehead atoms. The highest BCUT2D eigenvalue weighted by atomic mass is 79.9. The number of carbonyl (C=O) groups excluding carboxylic acids is 1. The predicted octanol–water partition coefficient (Wildman–Crippen LogP) is 4.08. The molecule has 26 heavy (non-hydrogen) atoms. The van der Waals surface area contributed by atoms with Gasteiger partial charge < -0.3 is 5.32 Å². The van der Waals surface area contributed by atoms with Gasteiger partial charge in [-0.2, -0.15) is 0 Å². The fourth-order valence-corrected chi connectivity index (χ4v) is 3.85. The molecule has 0 aliphatic heterocycles. The maximum absolute atomic E-state index is 12.3. The number of anilines is 1. The van der Waals surface area contributed by atoms with Crippen LogP contribution in [0.25, 0.3) is 16.7 Å². The second kappa shape index (κ2) is 7.05. The molecular formula is C18H14BrN5OS. The van der Waals surface area contributed by atoms with Crippen molar-refractivity contribution in [3.8, 4) is 0 Å². The molecule has 4 aromatic rings. The lowest BCUT2D eigenvalue weighted by Crippen LogP contribution is -2.14. The van der Waals surface area contributed by atoms with Crippen molar-refractivity contribution in [1.29, 1.82) is 0 Å². The molecule has 0 saturated carbocycles. The van der Waals surface area contributed by atoms with Gasteiger partial charge >= 0.3 is 0 Å². The predicted molar refractivity (Wildman–Crippen MR) is 107 cm³/mol. The van der Waals surface area contributed by atoms with E-state index in [0.717, 1.165) is 27.0 Å². The zero-order chi connectivity index (χ0) is 18.1. The summed E-state index contributed by atoms with van der Waals surface area (Å²) in [4.78, 5) is 16.9. The van der Waals surface area contributed by atoms with Gasteiger partial charge in [0.25, 0.3) is 0 Å². The van der Waals surface area contributed by atoms with Gasteiger partial charge in [0.1, 0.15) is 10.9 Å². The Hall–Kier alpha value is -2.45. The number of nitrogens with zero attached hydrogens (tertiary/aromatic N) is 4. The van der Waals surface area contributed by atoms with Gasteiger partial charge in [-0.1, -0.05) is 45.9 Å². The Morgan fingerprint density at radius 2 is 2.04 bits per heavy atom. The van der Waals surface area contributed by atoms with E-state index in [-0.39, 0.29) is 11.7 Å². The monoisotopic (exact) mass is 427 g/mol. The van der Waals surface area contributed by atoms with Crippen LogP contribution in [0.2, 0.25) is 0 Å². The van der Waals surface area contributed by atoms with Gasteiger partial charge in [-0.3, -0.25) is 9.20 Å². The minimum absolute atomic E-state index is 0.0996. The third-order valence-corrected chi connectivity index (χ3v) is 5.26. The van der Waals surface area contributed by atoms with Crippen LogP contribution >= 0.6 is 27.7 Å². The van der Waals surface area contributed by atoms with Crippen LogP contribution in [0.1, 0.15) is 5.82 Å². The van der Waals surface area contributed by atoms with Crippen LogP contribution in [-0.4, -0.2) is 31.2 Å². The van der Waals surface area contributed by atoms with Crippen LogP contribution in [0.15, 0.2) is 58.0 Å². The van der Waals surface area contributed by atoms with E-state index in [0.29, 0.717) is 10.7 Å². The molecule has 6 nitrogen and oxygen atoms in total. The lowest BCUT2D eigenvalue weighted by atomic mass is 10.3. The Morgan fingerprint density at radius 3 is 2.88 bits per heavy atom. The summed E-state index contributed by atoms with van der Waals surface area (Å²) in [5, 5.41) is 12.0. The summed E-state index contributed by atoms with van der Waals surface area (Å²) in [5.41, 5.74) is 3.21. The lowest BCUT2D eigenvalue weighted by Gasteiger charge is -2.08. The average Bonchev–Trinajstić information content (AvgIpc) is 3.02. The molecule has 0 aliphatic carbocycles. The maximum Gasteiger partial charge on any atom is 0.234 e. The van der Waals surface area contributed by atoms with Gasteiger partial charge in [-0.15, -0.1) is 10.2 Å². The van der Waals surface area contributed by atoms with Gasteiger partial charge in [0.15, 0.2) is 5.65 Å². The Labute approximate surface area is 162 Å². The van der Waals surface area contributed by atoms with Crippen molar-refractivity contribution in [1.82, 2.24) is 19.6 Å². The number of aromatic nitrogens is 4. The van der Waals surface area contributed by atoms with E-state index < -0.39 is 0 Å². The lowest BCUT2D eigenvalue weighted by molar-refractivity contribution is -0.113. The summed E-state index contributed by atoms with van der Waals surface area (Å²) in [7, 11) is 0. The molecule has 0 atom stereocenters. The number of hydrogen-bond donors (Lipinski definition) is 1. The maximum atomic E-state index is 12.3. The number of amides is 1. The number of carbonyl (C=O) groups is 1. The summed E-state index contributed by atoms with van der Waals surface area (Å²) in [6.07, 6.45) is 0. The highest BCUT2D eigenvalue weighted by molar-refractivity contribution is 9.10. The van der Waals surface area contributed by atoms with Crippen molar-refractivity contribution in [2.75, 3.05) is 11.1 Å². The fourth-order valence-electron chi connectivity index (χ4n) is 2.69. The number of hydrogen-bond acceptors (Lipinski definition) is 5. The molecule has 1 amide bonds. The molecule has 0 spiro atoms. The molecule has 1 N–H and O–H groups in total. The summed E-state index contributed by atoms with van der Waals surface area (Å²) < 4.78 is 2.89. The van der Waals surface area contributed by atoms with Crippen molar-refractivity contribution in [2.24, 2.45) is 0 Å². The first-order chi connectivity index (χ1) is 12.6. The number of thioether (sulfide) groups is 1. The standard InChI is InChI=1S/C18H14BrN5OS/c1-11-22-23-17-18(21-14-7-2-3-8-15(14)24(11)17)26-10-16(25)20-13-6-4-5-12(19)9-13/h2-9H,10H2,1H3,(H,20,25). The molecule has 0 aliphatic rings. The van der Waals surface area contributed by atoms with Gasteiger partial charge in [0.2, 0.25) is 5.91 Å². The van der Waals surface area contributed by atoms with Crippen LogP contribution < -0.4 is 5.32 Å². The number of para-hydroxylation sites is 2. The van der Waals surface area contributed by atoms with E-state index in [2.05, 4.69) is 36.4 Å². The summed E-state index contributed by atoms with van der Waals surface area (Å²) in [6, 6.07) is 15.3. The number of benzene rings is 2. The molecular weight excluding hydrogens is 414 g/mol. The number of fused-ring (bicyclic) bond motifs is 3. The number of rotatable bonds is 4. The highest BCUT2D eigenvalue weighted by Gasteiger charge is 2.14. The Balaban J connectivity index is 1.59. The Kier molecular flexibility index (Phi) is 4.60. The van der Waals surface area contributed by atoms with Gasteiger partial charge in [-0.25, -0.2) is 4.98 Å². The van der Waals surface area contributed by atoms with Crippen molar-refractivity contribution in [2.45, 2.75) is 11.9 Å². The third-order valence-electron chi connectivity index (χ3n) is 3.81. The first-order valence-electron chi connectivity index (χ1n) is 7.90. The normalized spacial score (nSPS) is 11.2. The van der Waals surface area contributed by atoms with Crippen molar-refractivity contribution in [3.63, 3.8) is 0 Å². The SMILES string of the molecule is Cc1nnc2c(SCC(=O)Nc3cccc(Br)c3)nc3ccccc3n12. The molecule has 130 valence electrons. The molecule has 2 aromatic carbocycles. The molecule has 4 rings (SSSR count). The second-order valence-electron chi connectivity index (χ2n) is 5.66.